The average Bonchev–Trinajstić information content (AvgIpc) is 2.81. The highest BCUT2D eigenvalue weighted by molar-refractivity contribution is 8.01. The summed E-state index contributed by atoms with van der Waals surface area (Å²) < 4.78 is 0. The van der Waals surface area contributed by atoms with Crippen molar-refractivity contribution in [2.45, 2.75) is 19.9 Å². The number of rotatable bonds is 2. The molecule has 1 aliphatic heterocycles. The normalized spacial score (nSPS) is 18.1. The van der Waals surface area contributed by atoms with Crippen molar-refractivity contribution in [3.63, 3.8) is 0 Å². The van der Waals surface area contributed by atoms with E-state index in [1.54, 1.807) is 23.9 Å². The third kappa shape index (κ3) is 2.96. The lowest BCUT2D eigenvalue weighted by molar-refractivity contribution is -0.358. The number of fused-ring (bicyclic) bond motifs is 5. The fourth-order valence-electron chi connectivity index (χ4n) is 4.17. The van der Waals surface area contributed by atoms with Crippen LogP contribution in [0.2, 0.25) is 0 Å². The van der Waals surface area contributed by atoms with E-state index in [1.807, 2.05) is 60.7 Å². The Balaban J connectivity index is 1.62. The van der Waals surface area contributed by atoms with Gasteiger partial charge in [-0.25, -0.2) is 4.99 Å². The average molecular weight is 439 g/mol. The minimum atomic E-state index is -0.0977. The van der Waals surface area contributed by atoms with Crippen LogP contribution in [-0.4, -0.2) is 22.5 Å². The number of hydrogen-bond acceptors (Lipinski definition) is 4. The minimum absolute atomic E-state index is 0.0931. The van der Waals surface area contributed by atoms with Gasteiger partial charge in [0.1, 0.15) is 10.8 Å². The van der Waals surface area contributed by atoms with Gasteiger partial charge in [0.15, 0.2) is 11.5 Å². The van der Waals surface area contributed by atoms with E-state index in [0.717, 1.165) is 26.1 Å². The van der Waals surface area contributed by atoms with Gasteiger partial charge in [0.2, 0.25) is 11.5 Å². The number of ketones is 2. The van der Waals surface area contributed by atoms with Crippen LogP contribution in [0.15, 0.2) is 99.7 Å². The Morgan fingerprint density at radius 3 is 2.32 bits per heavy atom. The minimum Gasteiger partial charge on any atom is -0.289 e. The molecule has 31 heavy (non-hydrogen) atoms. The van der Waals surface area contributed by atoms with Gasteiger partial charge in [-0.05, 0) is 18.2 Å². The number of carbonyl (C=O) groups is 2. The lowest BCUT2D eigenvalue weighted by atomic mass is 9.83. The first kappa shape index (κ1) is 18.6. The lowest BCUT2D eigenvalue weighted by Crippen LogP contribution is -2.71. The van der Waals surface area contributed by atoms with Gasteiger partial charge >= 0.3 is 0 Å². The molecule has 6 rings (SSSR count). The van der Waals surface area contributed by atoms with Gasteiger partial charge in [0.25, 0.3) is 0 Å². The van der Waals surface area contributed by atoms with Crippen LogP contribution in [0.3, 0.4) is 0 Å². The summed E-state index contributed by atoms with van der Waals surface area (Å²) in [5, 5.41) is 0.173. The second-order valence-corrected chi connectivity index (χ2v) is 9.78. The first-order valence-electron chi connectivity index (χ1n) is 9.98. The Bertz CT molecular complexity index is 1370. The number of thioether (sulfide) groups is 1. The van der Waals surface area contributed by atoms with Crippen LogP contribution in [0.1, 0.15) is 31.8 Å². The monoisotopic (exact) mass is 438 g/mol. The van der Waals surface area contributed by atoms with E-state index < -0.39 is 0 Å². The number of allylic oxidation sites excluding steroid dienone is 3. The van der Waals surface area contributed by atoms with E-state index >= 15 is 0 Å². The molecule has 5 heteroatoms. The molecule has 0 amide bonds. The molecule has 0 fully saturated rings. The van der Waals surface area contributed by atoms with Crippen LogP contribution in [0, 0.1) is 0 Å². The Hall–Kier alpha value is -3.15. The summed E-state index contributed by atoms with van der Waals surface area (Å²) in [7, 11) is 0. The highest BCUT2D eigenvalue weighted by Gasteiger charge is 2.40. The summed E-state index contributed by atoms with van der Waals surface area (Å²) in [4.78, 5) is 33.6. The fourth-order valence-corrected chi connectivity index (χ4v) is 6.43. The molecule has 1 heterocycles. The predicted molar refractivity (Wildman–Crippen MR) is 124 cm³/mol. The Morgan fingerprint density at radius 1 is 0.839 bits per heavy atom. The number of hydrogen-bond donors (Lipinski definition) is 1. The molecule has 3 aliphatic rings. The molecule has 148 valence electrons. The number of benzene rings is 3. The lowest BCUT2D eigenvalue weighted by Gasteiger charge is -2.24. The van der Waals surface area contributed by atoms with Gasteiger partial charge in [0, 0.05) is 27.0 Å². The zero-order chi connectivity index (χ0) is 20.9. The van der Waals surface area contributed by atoms with Crippen molar-refractivity contribution < 1.29 is 14.6 Å². The van der Waals surface area contributed by atoms with Crippen molar-refractivity contribution in [1.29, 1.82) is 0 Å². The number of nitrogens with one attached hydrogen (secondary N) is 1. The molecular formula is C26H16NO2S2+. The topological polar surface area (TPSA) is 48.1 Å². The molecule has 3 aromatic carbocycles. The van der Waals surface area contributed by atoms with Crippen LogP contribution in [0.25, 0.3) is 0 Å². The van der Waals surface area contributed by atoms with E-state index in [0.29, 0.717) is 22.3 Å². The molecule has 0 spiro atoms. The zero-order valence-corrected chi connectivity index (χ0v) is 17.9. The van der Waals surface area contributed by atoms with Crippen LogP contribution in [0.4, 0.5) is 5.69 Å². The van der Waals surface area contributed by atoms with Gasteiger partial charge in [0.05, 0.1) is 10.5 Å². The zero-order valence-electron chi connectivity index (χ0n) is 16.3. The van der Waals surface area contributed by atoms with Gasteiger partial charge < -0.3 is 0 Å². The maximum Gasteiger partial charge on any atom is 0.229 e. The van der Waals surface area contributed by atoms with Gasteiger partial charge in [-0.1, -0.05) is 72.5 Å². The first-order valence-corrected chi connectivity index (χ1v) is 11.7. The Labute approximate surface area is 188 Å². The highest BCUT2D eigenvalue weighted by Crippen LogP contribution is 2.45. The molecule has 0 saturated heterocycles. The largest absolute Gasteiger partial charge is 0.289 e. The van der Waals surface area contributed by atoms with Crippen molar-refractivity contribution in [2.24, 2.45) is 0 Å². The van der Waals surface area contributed by atoms with E-state index in [2.05, 4.69) is 17.1 Å². The molecule has 3 aromatic rings. The van der Waals surface area contributed by atoms with Gasteiger partial charge in [-0.15, -0.1) is 11.8 Å². The maximum atomic E-state index is 13.6. The van der Waals surface area contributed by atoms with E-state index in [1.165, 1.54) is 11.8 Å². The molecule has 1 N–H and O–H groups in total. The maximum absolute atomic E-state index is 13.6. The van der Waals surface area contributed by atoms with Crippen molar-refractivity contribution in [3.8, 4) is 0 Å². The third-order valence-electron chi connectivity index (χ3n) is 5.60. The molecule has 0 aromatic heterocycles. The summed E-state index contributed by atoms with van der Waals surface area (Å²) >= 11 is 3.24. The second-order valence-electron chi connectivity index (χ2n) is 7.48. The third-order valence-corrected chi connectivity index (χ3v) is 7.89. The predicted octanol–water partition coefficient (Wildman–Crippen LogP) is 4.37. The molecule has 0 bridgehead atoms. The van der Waals surface area contributed by atoms with E-state index in [-0.39, 0.29) is 16.8 Å². The SMILES string of the molecule is O=C1c2ccccc2C(=O)c2c3c(cc(Sc4ccccc4)c21)SC1C=CC=CC1=[NH+]3. The summed E-state index contributed by atoms with van der Waals surface area (Å²) in [6.45, 7) is 0. The smallest absolute Gasteiger partial charge is 0.229 e. The van der Waals surface area contributed by atoms with Crippen LogP contribution < -0.4 is 4.99 Å². The van der Waals surface area contributed by atoms with E-state index in [4.69, 9.17) is 0 Å². The summed E-state index contributed by atoms with van der Waals surface area (Å²) in [6.07, 6.45) is 8.19. The molecule has 0 saturated carbocycles. The molecular weight excluding hydrogens is 422 g/mol. The van der Waals surface area contributed by atoms with Crippen LogP contribution in [-0.2, 0) is 0 Å². The first-order chi connectivity index (χ1) is 15.2. The van der Waals surface area contributed by atoms with Crippen LogP contribution >= 0.6 is 23.5 Å². The van der Waals surface area contributed by atoms with Crippen molar-refractivity contribution in [1.82, 2.24) is 0 Å². The van der Waals surface area contributed by atoms with Crippen LogP contribution in [0.5, 0.6) is 0 Å². The van der Waals surface area contributed by atoms with Crippen molar-refractivity contribution in [3.05, 3.63) is 107 Å². The quantitative estimate of drug-likeness (QED) is 0.505. The summed E-state index contributed by atoms with van der Waals surface area (Å²) in [5.74, 6) is -0.191. The highest BCUT2D eigenvalue weighted by atomic mass is 32.2. The van der Waals surface area contributed by atoms with E-state index in [9.17, 15) is 9.59 Å². The van der Waals surface area contributed by atoms with Gasteiger partial charge in [-0.2, -0.15) is 0 Å². The summed E-state index contributed by atoms with van der Waals surface area (Å²) in [5.41, 5.74) is 3.72. The second kappa shape index (κ2) is 7.22. The van der Waals surface area contributed by atoms with Gasteiger partial charge in [-0.3, -0.25) is 9.59 Å². The molecule has 1 unspecified atom stereocenters. The fraction of sp³-hybridized carbons (Fsp3) is 0.0385. The van der Waals surface area contributed by atoms with Crippen molar-refractivity contribution in [2.75, 3.05) is 0 Å². The Morgan fingerprint density at radius 2 is 1.55 bits per heavy atom. The Kier molecular flexibility index (Phi) is 4.33. The van der Waals surface area contributed by atoms with Crippen molar-refractivity contribution >= 4 is 46.5 Å². The molecule has 3 nitrogen and oxygen atoms in total. The molecule has 0 radical (unpaired) electrons. The molecule has 1 atom stereocenters. The molecule has 2 aliphatic carbocycles. The number of carbonyl (C=O) groups excluding carboxylic acids is 2. The standard InChI is InChI=1S/C26H15NO2S2/c28-25-16-10-4-5-11-17(16)26(29)23-22(25)20(30-15-8-2-1-3-9-15)14-21-24(23)27-18-12-6-7-13-19(18)31-21/h1-14,19H/p+1. The summed E-state index contributed by atoms with van der Waals surface area (Å²) in [6, 6.07) is 19.1.